The van der Waals surface area contributed by atoms with Gasteiger partial charge < -0.3 is 20.4 Å². The van der Waals surface area contributed by atoms with Crippen LogP contribution in [0.4, 0.5) is 29.1 Å². The molecule has 8 heterocycles. The molecule has 0 spiro atoms. The van der Waals surface area contributed by atoms with E-state index in [0.29, 0.717) is 99.6 Å². The minimum Gasteiger partial charge on any atom is -0.374 e. The van der Waals surface area contributed by atoms with Crippen LogP contribution in [0.15, 0.2) is 67.4 Å². The molecule has 20 heteroatoms. The van der Waals surface area contributed by atoms with Crippen LogP contribution in [0, 0.1) is 22.6 Å². The van der Waals surface area contributed by atoms with Gasteiger partial charge in [-0.05, 0) is 113 Å². The maximum Gasteiger partial charge on any atom is 0.408 e. The van der Waals surface area contributed by atoms with Gasteiger partial charge in [-0.25, -0.2) is 13.9 Å². The Bertz CT molecular complexity index is 2800. The first-order valence-electron chi connectivity index (χ1n) is 24.1. The van der Waals surface area contributed by atoms with Crippen LogP contribution in [-0.2, 0) is 19.2 Å². The number of aromatic nitrogens is 5. The van der Waals surface area contributed by atoms with Crippen LogP contribution in [0.2, 0.25) is 0 Å². The van der Waals surface area contributed by atoms with E-state index in [0.717, 1.165) is 54.9 Å². The number of pyridine rings is 2. The number of imide groups is 1. The molecule has 5 aromatic rings. The Morgan fingerprint density at radius 1 is 0.914 bits per heavy atom. The van der Waals surface area contributed by atoms with Gasteiger partial charge in [-0.1, -0.05) is 13.0 Å². The summed E-state index contributed by atoms with van der Waals surface area (Å²) in [5, 5.41) is 26.8. The molecule has 0 saturated carbocycles. The van der Waals surface area contributed by atoms with Crippen LogP contribution >= 0.6 is 0 Å². The molecule has 4 aliphatic rings. The predicted octanol–water partition coefficient (Wildman–Crippen LogP) is 6.59. The van der Waals surface area contributed by atoms with Crippen molar-refractivity contribution in [3.63, 3.8) is 0 Å². The van der Waals surface area contributed by atoms with E-state index in [1.807, 2.05) is 52.0 Å². The monoisotopic (exact) mass is 964 g/mol. The summed E-state index contributed by atoms with van der Waals surface area (Å²) in [5.41, 5.74) is 4.42. The number of piperidine rings is 4. The van der Waals surface area contributed by atoms with Crippen molar-refractivity contribution >= 4 is 40.7 Å². The Morgan fingerprint density at radius 2 is 1.67 bits per heavy atom. The normalized spacial score (nSPS) is 20.0. The number of likely N-dealkylation sites (tertiary alicyclic amines) is 2. The van der Waals surface area contributed by atoms with Gasteiger partial charge in [0.15, 0.2) is 0 Å². The number of carbonyl (C=O) groups excluding carboxylic acids is 4. The maximum absolute atomic E-state index is 15.3. The van der Waals surface area contributed by atoms with Crippen LogP contribution in [0.1, 0.15) is 94.7 Å². The minimum absolute atomic E-state index is 0.0165. The molecule has 1 aromatic carbocycles. The summed E-state index contributed by atoms with van der Waals surface area (Å²) < 4.78 is 58.6. The zero-order valence-corrected chi connectivity index (χ0v) is 39.1. The third-order valence-electron chi connectivity index (χ3n) is 14.9. The molecule has 3 N–H and O–H groups in total. The molecule has 0 bridgehead atoms. The lowest BCUT2D eigenvalue weighted by atomic mass is 9.75. The van der Waals surface area contributed by atoms with E-state index in [9.17, 15) is 37.6 Å². The first kappa shape index (κ1) is 48.2. The molecule has 4 aliphatic heterocycles. The second kappa shape index (κ2) is 19.9. The third kappa shape index (κ3) is 10.1. The molecule has 0 radical (unpaired) electrons. The van der Waals surface area contributed by atoms with Gasteiger partial charge in [-0.3, -0.25) is 34.1 Å². The molecule has 2 atom stereocenters. The highest BCUT2D eigenvalue weighted by atomic mass is 19.4. The van der Waals surface area contributed by atoms with E-state index in [-0.39, 0.29) is 36.0 Å². The summed E-state index contributed by atoms with van der Waals surface area (Å²) >= 11 is 0. The second-order valence-corrected chi connectivity index (χ2v) is 19.1. The Labute approximate surface area is 402 Å². The zero-order valence-electron chi connectivity index (χ0n) is 39.1. The summed E-state index contributed by atoms with van der Waals surface area (Å²) in [5.74, 6) is -0.862. The van der Waals surface area contributed by atoms with Crippen molar-refractivity contribution in [3.05, 3.63) is 84.3 Å². The van der Waals surface area contributed by atoms with E-state index in [1.54, 1.807) is 29.0 Å². The van der Waals surface area contributed by atoms with Gasteiger partial charge in [0.25, 0.3) is 0 Å². The summed E-state index contributed by atoms with van der Waals surface area (Å²) in [4.78, 5) is 61.1. The van der Waals surface area contributed by atoms with Crippen LogP contribution in [0.5, 0.6) is 0 Å². The van der Waals surface area contributed by atoms with E-state index >= 15 is 4.39 Å². The quantitative estimate of drug-likeness (QED) is 0.0905. The molecule has 4 saturated heterocycles. The highest BCUT2D eigenvalue weighted by Gasteiger charge is 2.44. The van der Waals surface area contributed by atoms with E-state index in [1.165, 1.54) is 12.3 Å². The summed E-state index contributed by atoms with van der Waals surface area (Å²) in [6.07, 6.45) is 9.09. The van der Waals surface area contributed by atoms with E-state index < -0.39 is 35.5 Å². The van der Waals surface area contributed by atoms with Crippen LogP contribution in [-0.4, -0.2) is 122 Å². The number of nitrogens with zero attached hydrogens (tertiary/aromatic N) is 9. The molecule has 2 unspecified atom stereocenters. The first-order chi connectivity index (χ1) is 33.6. The molecule has 4 fully saturated rings. The second-order valence-electron chi connectivity index (χ2n) is 19.1. The number of halogens is 4. The molecule has 16 nitrogen and oxygen atoms in total. The average molecular weight is 965 g/mol. The number of benzene rings is 1. The Morgan fingerprint density at radius 3 is 2.33 bits per heavy atom. The Hall–Kier alpha value is -6.88. The van der Waals surface area contributed by atoms with Crippen molar-refractivity contribution in [3.8, 4) is 28.3 Å². The third-order valence-corrected chi connectivity index (χ3v) is 14.9. The molecule has 9 rings (SSSR count). The number of anilines is 2. The molecular formula is C50H56F4N12O4. The van der Waals surface area contributed by atoms with Crippen LogP contribution in [0.3, 0.4) is 0 Å². The fourth-order valence-electron chi connectivity index (χ4n) is 10.4. The van der Waals surface area contributed by atoms with Crippen LogP contribution < -0.4 is 20.9 Å². The fraction of sp³-hybridized carbons (Fsp3) is 0.480. The van der Waals surface area contributed by atoms with Gasteiger partial charge in [0.1, 0.15) is 29.8 Å². The number of fused-ring (bicyclic) bond motifs is 1. The fourth-order valence-corrected chi connectivity index (χ4v) is 10.4. The number of amides is 4. The smallest absolute Gasteiger partial charge is 0.374 e. The van der Waals surface area contributed by atoms with Gasteiger partial charge in [0.05, 0.1) is 41.5 Å². The Kier molecular flexibility index (Phi) is 13.7. The molecule has 70 heavy (non-hydrogen) atoms. The van der Waals surface area contributed by atoms with Gasteiger partial charge in [-0.15, -0.1) is 0 Å². The molecule has 4 aromatic heterocycles. The summed E-state index contributed by atoms with van der Waals surface area (Å²) in [6.45, 7) is 6.53. The lowest BCUT2D eigenvalue weighted by molar-refractivity contribution is -0.162. The summed E-state index contributed by atoms with van der Waals surface area (Å²) in [6, 6.07) is 10.5. The van der Waals surface area contributed by atoms with Gasteiger partial charge in [-0.2, -0.15) is 28.6 Å². The molecule has 4 amide bonds. The number of carbonyl (C=O) groups is 4. The number of hydrogen-bond acceptors (Lipinski definition) is 11. The van der Waals surface area contributed by atoms with Gasteiger partial charge in [0, 0.05) is 79.1 Å². The van der Waals surface area contributed by atoms with Crippen molar-refractivity contribution in [2.45, 2.75) is 102 Å². The van der Waals surface area contributed by atoms with Gasteiger partial charge in [0.2, 0.25) is 23.6 Å². The van der Waals surface area contributed by atoms with Crippen molar-refractivity contribution < 1.29 is 36.7 Å². The summed E-state index contributed by atoms with van der Waals surface area (Å²) in [7, 11) is 0. The van der Waals surface area contributed by atoms with Gasteiger partial charge >= 0.3 is 6.18 Å². The topological polar surface area (TPSA) is 186 Å². The number of hydrogen-bond donors (Lipinski definition) is 3. The first-order valence-corrected chi connectivity index (χ1v) is 24.1. The number of nitrogens with one attached hydrogen (secondary N) is 3. The highest BCUT2D eigenvalue weighted by Crippen LogP contribution is 2.39. The maximum atomic E-state index is 15.3. The SMILES string of the molecule is CCC1(C(=O)NC(C)C(F)(F)F)CCN(c2ccc(-c3cc(-c4cnn(C5CCN(C(=O)CN6CCC(c7ccc(NC8CCC(=O)NC8=O)cc7F)CC6)CC5)c4)cn4ncc(C#N)c34)cn2)CC1. The standard InChI is InChI=1S/C50H56F4N12O4/c1-3-49(48(70)59-31(2)50(52,53)54)14-20-63(21-15-49)43-8-4-33(25-56-43)40-22-34(28-66-46(40)35(24-55)26-58-66)36-27-57-65(29-36)38-12-18-64(19-13-38)45(68)30-62-16-10-32(11-17-62)39-6-5-37(23-41(39)51)60-42-7-9-44(67)61-47(42)69/h4-6,8,22-23,25-29,31-32,38,42,60H,3,7,9-21,30H2,1-2H3,(H,59,70)(H,61,67,69). The van der Waals surface area contributed by atoms with Crippen molar-refractivity contribution in [2.24, 2.45) is 5.41 Å². The van der Waals surface area contributed by atoms with Crippen molar-refractivity contribution in [1.29, 1.82) is 5.26 Å². The van der Waals surface area contributed by atoms with E-state index in [4.69, 9.17) is 10.1 Å². The number of rotatable bonds is 12. The highest BCUT2D eigenvalue weighted by molar-refractivity contribution is 6.01. The molecular weight excluding hydrogens is 909 g/mol. The van der Waals surface area contributed by atoms with Crippen molar-refractivity contribution in [1.82, 2.24) is 44.8 Å². The number of alkyl halides is 3. The Balaban J connectivity index is 0.787. The molecule has 368 valence electrons. The van der Waals surface area contributed by atoms with Crippen molar-refractivity contribution in [2.75, 3.05) is 56.0 Å². The lowest BCUT2D eigenvalue weighted by Crippen LogP contribution is -2.53. The average Bonchev–Trinajstić information content (AvgIpc) is 4.03. The molecule has 0 aliphatic carbocycles. The van der Waals surface area contributed by atoms with Crippen LogP contribution in [0.25, 0.3) is 27.8 Å². The zero-order chi connectivity index (χ0) is 49.3. The largest absolute Gasteiger partial charge is 0.408 e. The van der Waals surface area contributed by atoms with E-state index in [2.05, 4.69) is 32.0 Å². The number of nitriles is 1. The minimum atomic E-state index is -4.52. The predicted molar refractivity (Wildman–Crippen MR) is 252 cm³/mol. The lowest BCUT2D eigenvalue weighted by Gasteiger charge is -2.41.